The lowest BCUT2D eigenvalue weighted by Crippen LogP contribution is -2.49. The van der Waals surface area contributed by atoms with Crippen LogP contribution in [-0.2, 0) is 11.0 Å². The van der Waals surface area contributed by atoms with Crippen LogP contribution in [0.3, 0.4) is 0 Å². The minimum atomic E-state index is -4.71. The Balaban J connectivity index is 1.37. The maximum Gasteiger partial charge on any atom is 0.439 e. The zero-order chi connectivity index (χ0) is 27.4. The predicted molar refractivity (Wildman–Crippen MR) is 136 cm³/mol. The summed E-state index contributed by atoms with van der Waals surface area (Å²) in [6.07, 6.45) is -7.76. The van der Waals surface area contributed by atoms with E-state index in [1.54, 1.807) is 9.80 Å². The van der Waals surface area contributed by atoms with Crippen LogP contribution >= 0.6 is 24.0 Å². The Labute approximate surface area is 220 Å². The first kappa shape index (κ1) is 29.3. The largest absolute Gasteiger partial charge is 0.439 e. The van der Waals surface area contributed by atoms with Gasteiger partial charge >= 0.3 is 12.4 Å². The number of amides is 1. The van der Waals surface area contributed by atoms with Crippen LogP contribution in [0.1, 0.15) is 24.8 Å². The molecule has 1 aromatic carbocycles. The lowest BCUT2D eigenvalue weighted by molar-refractivity contribution is -0.137. The van der Waals surface area contributed by atoms with E-state index in [0.717, 1.165) is 6.07 Å². The number of rotatable bonds is 5. The van der Waals surface area contributed by atoms with Gasteiger partial charge in [-0.3, -0.25) is 15.1 Å². The van der Waals surface area contributed by atoms with Crippen molar-refractivity contribution in [3.05, 3.63) is 23.8 Å². The molecule has 15 heteroatoms. The molecule has 2 heterocycles. The molecule has 2 fully saturated rings. The van der Waals surface area contributed by atoms with Crippen LogP contribution in [-0.4, -0.2) is 88.0 Å². The number of alkyl halides is 6. The number of nitrogen functional groups attached to an aromatic ring is 1. The topological polar surface area (TPSA) is 88.7 Å². The highest BCUT2D eigenvalue weighted by Crippen LogP contribution is 2.35. The maximum atomic E-state index is 13.1. The number of thiocarbonyl (C=S) groups is 1. The number of piperazine rings is 1. The number of carbonyl (C=O) groups excluding carboxylic acids is 1. The molecule has 3 rings (SSSR count). The van der Waals surface area contributed by atoms with Gasteiger partial charge in [0.15, 0.2) is 5.04 Å². The van der Waals surface area contributed by atoms with Gasteiger partial charge in [-0.05, 0) is 42.8 Å². The molecule has 1 amide bonds. The van der Waals surface area contributed by atoms with Gasteiger partial charge in [-0.1, -0.05) is 12.2 Å². The summed E-state index contributed by atoms with van der Waals surface area (Å²) in [6.45, 7) is 3.41. The molecule has 7 nitrogen and oxygen atoms in total. The summed E-state index contributed by atoms with van der Waals surface area (Å²) in [5.41, 5.74) is 4.56. The Morgan fingerprint density at radius 3 is 2.24 bits per heavy atom. The number of hydrogen-bond acceptors (Lipinski definition) is 7. The van der Waals surface area contributed by atoms with Crippen molar-refractivity contribution in [2.24, 2.45) is 0 Å². The van der Waals surface area contributed by atoms with E-state index < -0.39 is 23.0 Å². The molecular formula is C22H28F6N6OS2. The fraction of sp³-hybridized carbons (Fsp3) is 0.591. The fourth-order valence-corrected chi connectivity index (χ4v) is 5.21. The van der Waals surface area contributed by atoms with Crippen molar-refractivity contribution in [2.45, 2.75) is 37.7 Å². The molecule has 1 aromatic rings. The number of nitrogens with two attached hydrogens (primary N) is 1. The molecule has 37 heavy (non-hydrogen) atoms. The number of thioether (sulfide) groups is 1. The Kier molecular flexibility index (Phi) is 9.56. The lowest BCUT2D eigenvalue weighted by Gasteiger charge is -2.36. The summed E-state index contributed by atoms with van der Waals surface area (Å²) in [4.78, 5) is 18.1. The third kappa shape index (κ3) is 8.37. The second-order valence-corrected chi connectivity index (χ2v) is 10.5. The zero-order valence-corrected chi connectivity index (χ0v) is 21.4. The van der Waals surface area contributed by atoms with E-state index in [2.05, 4.69) is 5.32 Å². The van der Waals surface area contributed by atoms with Gasteiger partial charge in [-0.15, -0.1) is 0 Å². The van der Waals surface area contributed by atoms with Gasteiger partial charge in [0.25, 0.3) is 0 Å². The number of likely N-dealkylation sites (tertiary alicyclic amines) is 1. The quantitative estimate of drug-likeness (QED) is 0.160. The molecule has 0 unspecified atom stereocenters. The number of piperidine rings is 1. The third-order valence-corrected chi connectivity index (χ3v) is 7.67. The first-order valence-electron chi connectivity index (χ1n) is 11.6. The molecular weight excluding hydrogens is 542 g/mol. The van der Waals surface area contributed by atoms with Crippen molar-refractivity contribution in [1.82, 2.24) is 14.7 Å². The highest BCUT2D eigenvalue weighted by atomic mass is 32.2. The first-order valence-corrected chi connectivity index (χ1v) is 12.8. The Hall–Kier alpha value is -2.26. The fourth-order valence-electron chi connectivity index (χ4n) is 4.18. The Bertz CT molecular complexity index is 989. The molecule has 2 aliphatic heterocycles. The van der Waals surface area contributed by atoms with Crippen molar-refractivity contribution in [2.75, 3.05) is 56.9 Å². The van der Waals surface area contributed by atoms with Crippen LogP contribution < -0.4 is 11.1 Å². The first-order chi connectivity index (χ1) is 17.2. The van der Waals surface area contributed by atoms with Crippen molar-refractivity contribution >= 4 is 50.6 Å². The Morgan fingerprint density at radius 1 is 1.05 bits per heavy atom. The SMILES string of the molecule is N=C(SC(=S)N1CCN(CCC(=O)N2CCC(Nc3ccc(N)c(C(F)(F)F)c3)CC2)CC1)C(F)(F)F. The smallest absolute Gasteiger partial charge is 0.398 e. The average Bonchev–Trinajstić information content (AvgIpc) is 2.83. The number of anilines is 2. The average molecular weight is 571 g/mol. The number of hydrogen-bond donors (Lipinski definition) is 3. The summed E-state index contributed by atoms with van der Waals surface area (Å²) in [6, 6.07) is 3.66. The summed E-state index contributed by atoms with van der Waals surface area (Å²) < 4.78 is 76.9. The van der Waals surface area contributed by atoms with E-state index in [1.165, 1.54) is 12.1 Å². The van der Waals surface area contributed by atoms with Gasteiger partial charge in [0.1, 0.15) is 4.32 Å². The third-order valence-electron chi connectivity index (χ3n) is 6.30. The number of halogens is 6. The monoisotopic (exact) mass is 570 g/mol. The van der Waals surface area contributed by atoms with Gasteiger partial charge < -0.3 is 20.9 Å². The molecule has 0 aromatic heterocycles. The summed E-state index contributed by atoms with van der Waals surface area (Å²) in [7, 11) is 0. The zero-order valence-electron chi connectivity index (χ0n) is 19.8. The van der Waals surface area contributed by atoms with Gasteiger partial charge in [0.05, 0.1) is 5.56 Å². The molecule has 0 spiro atoms. The molecule has 0 atom stereocenters. The number of carbonyl (C=O) groups is 1. The van der Waals surface area contributed by atoms with E-state index in [-0.39, 0.29) is 33.7 Å². The molecule has 0 radical (unpaired) electrons. The second-order valence-electron chi connectivity index (χ2n) is 8.87. The highest BCUT2D eigenvalue weighted by molar-refractivity contribution is 8.33. The van der Waals surface area contributed by atoms with Crippen molar-refractivity contribution < 1.29 is 31.1 Å². The minimum absolute atomic E-state index is 0.0163. The standard InChI is InChI=1S/C22H28F6N6OS2/c23-21(24,25)16-13-15(1-2-17(16)29)31-14-3-7-33(8-4-14)18(35)5-6-32-9-11-34(12-10-32)20(36)37-19(30)22(26,27)28/h1-2,13-14,30-31H,3-12,29H2. The molecule has 0 bridgehead atoms. The van der Waals surface area contributed by atoms with Crippen molar-refractivity contribution in [1.29, 1.82) is 5.41 Å². The van der Waals surface area contributed by atoms with Crippen molar-refractivity contribution in [3.63, 3.8) is 0 Å². The van der Waals surface area contributed by atoms with Crippen LogP contribution in [0.4, 0.5) is 37.7 Å². The van der Waals surface area contributed by atoms with Gasteiger partial charge in [0, 0.05) is 69.7 Å². The number of nitrogens with one attached hydrogen (secondary N) is 2. The maximum absolute atomic E-state index is 13.1. The molecule has 2 saturated heterocycles. The molecule has 206 valence electrons. The Morgan fingerprint density at radius 2 is 1.68 bits per heavy atom. The number of benzene rings is 1. The molecule has 2 aliphatic rings. The van der Waals surface area contributed by atoms with E-state index >= 15 is 0 Å². The van der Waals surface area contributed by atoms with E-state index in [9.17, 15) is 31.1 Å². The van der Waals surface area contributed by atoms with E-state index in [4.69, 9.17) is 23.4 Å². The predicted octanol–water partition coefficient (Wildman–Crippen LogP) is 4.26. The van der Waals surface area contributed by atoms with Crippen LogP contribution in [0.2, 0.25) is 0 Å². The van der Waals surface area contributed by atoms with Crippen molar-refractivity contribution in [3.8, 4) is 0 Å². The van der Waals surface area contributed by atoms with Gasteiger partial charge in [0.2, 0.25) is 5.91 Å². The lowest BCUT2D eigenvalue weighted by atomic mass is 10.0. The molecule has 0 saturated carbocycles. The van der Waals surface area contributed by atoms with Crippen LogP contribution in [0, 0.1) is 5.41 Å². The highest BCUT2D eigenvalue weighted by Gasteiger charge is 2.37. The molecule has 4 N–H and O–H groups in total. The van der Waals surface area contributed by atoms with Crippen LogP contribution in [0.5, 0.6) is 0 Å². The van der Waals surface area contributed by atoms with Crippen LogP contribution in [0.25, 0.3) is 0 Å². The summed E-state index contributed by atoms with van der Waals surface area (Å²) in [5.74, 6) is -0.0163. The van der Waals surface area contributed by atoms with Crippen LogP contribution in [0.15, 0.2) is 18.2 Å². The van der Waals surface area contributed by atoms with E-state index in [0.29, 0.717) is 70.8 Å². The van der Waals surface area contributed by atoms with Gasteiger partial charge in [-0.25, -0.2) is 0 Å². The molecule has 0 aliphatic carbocycles. The second kappa shape index (κ2) is 12.1. The number of nitrogens with zero attached hydrogens (tertiary/aromatic N) is 3. The summed E-state index contributed by atoms with van der Waals surface area (Å²) >= 11 is 5.27. The normalized spacial score (nSPS) is 18.1. The van der Waals surface area contributed by atoms with Gasteiger partial charge in [-0.2, -0.15) is 26.3 Å². The summed E-state index contributed by atoms with van der Waals surface area (Å²) in [5, 5.41) is 8.73. The minimum Gasteiger partial charge on any atom is -0.398 e. The van der Waals surface area contributed by atoms with E-state index in [1.807, 2.05) is 4.90 Å².